The highest BCUT2D eigenvalue weighted by Gasteiger charge is 2.22. The van der Waals surface area contributed by atoms with Crippen LogP contribution in [-0.4, -0.2) is 25.9 Å². The van der Waals surface area contributed by atoms with Gasteiger partial charge in [-0.25, -0.2) is 8.42 Å². The highest BCUT2D eigenvalue weighted by Crippen LogP contribution is 2.26. The maximum Gasteiger partial charge on any atom is 0.261 e. The van der Waals surface area contributed by atoms with Gasteiger partial charge in [0, 0.05) is 23.7 Å². The molecule has 1 aliphatic heterocycles. The molecule has 1 amide bonds. The zero-order valence-corrected chi connectivity index (χ0v) is 13.5. The van der Waals surface area contributed by atoms with E-state index in [2.05, 4.69) is 15.0 Å². The molecular weight excluding hydrogens is 326 g/mol. The number of para-hydroxylation sites is 1. The number of amides is 1. The largest absolute Gasteiger partial charge is 0.359 e. The third kappa shape index (κ3) is 2.43. The Hall–Kier alpha value is -2.80. The molecule has 0 saturated heterocycles. The molecule has 3 aromatic rings. The van der Waals surface area contributed by atoms with Crippen LogP contribution < -0.4 is 10.0 Å². The third-order valence-electron chi connectivity index (χ3n) is 4.15. The van der Waals surface area contributed by atoms with Crippen molar-refractivity contribution in [3.05, 3.63) is 59.8 Å². The molecule has 0 spiro atoms. The lowest BCUT2D eigenvalue weighted by atomic mass is 10.0. The molecule has 0 unspecified atom stereocenters. The summed E-state index contributed by atoms with van der Waals surface area (Å²) in [5, 5.41) is 3.64. The number of carbonyl (C=O) groups is 1. The standard InChI is InChI=1S/C17H15N3O3S/c21-17-14-10-13(5-4-11(14)6-9-19-17)24(22,23)20-15-3-1-2-12-7-8-18-16(12)15/h1-5,7-8,10,18,20H,6,9H2,(H,19,21). The van der Waals surface area contributed by atoms with Crippen LogP contribution in [0.3, 0.4) is 0 Å². The highest BCUT2D eigenvalue weighted by atomic mass is 32.2. The van der Waals surface area contributed by atoms with Gasteiger partial charge in [0.25, 0.3) is 15.9 Å². The molecule has 0 atom stereocenters. The lowest BCUT2D eigenvalue weighted by molar-refractivity contribution is 0.0945. The summed E-state index contributed by atoms with van der Waals surface area (Å²) in [5.74, 6) is -0.236. The van der Waals surface area contributed by atoms with E-state index in [1.165, 1.54) is 12.1 Å². The number of aromatic amines is 1. The summed E-state index contributed by atoms with van der Waals surface area (Å²) in [6.07, 6.45) is 2.46. The molecule has 2 heterocycles. The predicted octanol–water partition coefficient (Wildman–Crippen LogP) is 2.25. The fourth-order valence-electron chi connectivity index (χ4n) is 2.93. The van der Waals surface area contributed by atoms with Crippen molar-refractivity contribution >= 4 is 32.5 Å². The first kappa shape index (κ1) is 14.8. The highest BCUT2D eigenvalue weighted by molar-refractivity contribution is 7.92. The number of sulfonamides is 1. The molecule has 1 aliphatic rings. The molecule has 7 heteroatoms. The van der Waals surface area contributed by atoms with E-state index in [1.807, 2.05) is 12.1 Å². The van der Waals surface area contributed by atoms with E-state index < -0.39 is 10.0 Å². The van der Waals surface area contributed by atoms with Crippen molar-refractivity contribution in [3.63, 3.8) is 0 Å². The SMILES string of the molecule is O=C1NCCc2ccc(S(=O)(=O)Nc3cccc4cc[nH]c34)cc21. The number of nitrogens with one attached hydrogen (secondary N) is 3. The van der Waals surface area contributed by atoms with Crippen molar-refractivity contribution in [2.45, 2.75) is 11.3 Å². The number of hydrogen-bond donors (Lipinski definition) is 3. The molecule has 6 nitrogen and oxygen atoms in total. The molecule has 0 saturated carbocycles. The van der Waals surface area contributed by atoms with Gasteiger partial charge in [-0.15, -0.1) is 0 Å². The monoisotopic (exact) mass is 341 g/mol. The van der Waals surface area contributed by atoms with E-state index in [0.717, 1.165) is 16.5 Å². The van der Waals surface area contributed by atoms with Crippen LogP contribution in [-0.2, 0) is 16.4 Å². The third-order valence-corrected chi connectivity index (χ3v) is 5.51. The molecule has 4 rings (SSSR count). The van der Waals surface area contributed by atoms with Gasteiger partial charge in [-0.1, -0.05) is 18.2 Å². The van der Waals surface area contributed by atoms with Crippen LogP contribution in [0.5, 0.6) is 0 Å². The van der Waals surface area contributed by atoms with Gasteiger partial charge in [-0.2, -0.15) is 0 Å². The Balaban J connectivity index is 1.74. The van der Waals surface area contributed by atoms with E-state index in [4.69, 9.17) is 0 Å². The first-order chi connectivity index (χ1) is 11.5. The Kier molecular flexibility index (Phi) is 3.31. The number of fused-ring (bicyclic) bond motifs is 2. The van der Waals surface area contributed by atoms with Crippen LogP contribution in [0.4, 0.5) is 5.69 Å². The number of carbonyl (C=O) groups excluding carboxylic acids is 1. The van der Waals surface area contributed by atoms with Gasteiger partial charge in [-0.05, 0) is 36.2 Å². The van der Waals surface area contributed by atoms with Crippen LogP contribution in [0.1, 0.15) is 15.9 Å². The van der Waals surface area contributed by atoms with Crippen molar-refractivity contribution in [3.8, 4) is 0 Å². The molecule has 24 heavy (non-hydrogen) atoms. The van der Waals surface area contributed by atoms with Crippen LogP contribution >= 0.6 is 0 Å². The molecule has 2 aromatic carbocycles. The minimum atomic E-state index is -3.79. The van der Waals surface area contributed by atoms with E-state index in [9.17, 15) is 13.2 Å². The first-order valence-corrected chi connectivity index (χ1v) is 9.03. The zero-order chi connectivity index (χ0) is 16.7. The van der Waals surface area contributed by atoms with Gasteiger partial charge >= 0.3 is 0 Å². The summed E-state index contributed by atoms with van der Waals surface area (Å²) >= 11 is 0. The fraction of sp³-hybridized carbons (Fsp3) is 0.118. The van der Waals surface area contributed by atoms with Crippen LogP contribution in [0.2, 0.25) is 0 Å². The lowest BCUT2D eigenvalue weighted by Crippen LogP contribution is -2.32. The molecular formula is C17H15N3O3S. The summed E-state index contributed by atoms with van der Waals surface area (Å²) in [5.41, 5.74) is 2.47. The van der Waals surface area contributed by atoms with Gasteiger partial charge in [0.15, 0.2) is 0 Å². The molecule has 0 radical (unpaired) electrons. The van der Waals surface area contributed by atoms with Crippen molar-refractivity contribution in [1.29, 1.82) is 0 Å². The van der Waals surface area contributed by atoms with Gasteiger partial charge in [0.2, 0.25) is 0 Å². The van der Waals surface area contributed by atoms with Gasteiger partial charge < -0.3 is 10.3 Å². The summed E-state index contributed by atoms with van der Waals surface area (Å²) in [4.78, 5) is 15.0. The van der Waals surface area contributed by atoms with E-state index in [1.54, 1.807) is 24.4 Å². The molecule has 0 fully saturated rings. The Morgan fingerprint density at radius 1 is 1.08 bits per heavy atom. The molecule has 3 N–H and O–H groups in total. The van der Waals surface area contributed by atoms with E-state index in [0.29, 0.717) is 24.2 Å². The number of hydrogen-bond acceptors (Lipinski definition) is 3. The van der Waals surface area contributed by atoms with Gasteiger partial charge in [0.05, 0.1) is 16.1 Å². The summed E-state index contributed by atoms with van der Waals surface area (Å²) in [6, 6.07) is 11.9. The maximum absolute atomic E-state index is 12.7. The molecule has 0 aliphatic carbocycles. The van der Waals surface area contributed by atoms with E-state index >= 15 is 0 Å². The molecule has 122 valence electrons. The fourth-order valence-corrected chi connectivity index (χ4v) is 4.03. The Bertz CT molecular complexity index is 1050. The van der Waals surface area contributed by atoms with E-state index in [-0.39, 0.29) is 10.8 Å². The zero-order valence-electron chi connectivity index (χ0n) is 12.7. The lowest BCUT2D eigenvalue weighted by Gasteiger charge is -2.17. The Morgan fingerprint density at radius 3 is 2.83 bits per heavy atom. The van der Waals surface area contributed by atoms with Crippen molar-refractivity contribution < 1.29 is 13.2 Å². The Labute approximate surface area is 138 Å². The number of benzene rings is 2. The second-order valence-corrected chi connectivity index (χ2v) is 7.36. The van der Waals surface area contributed by atoms with Crippen LogP contribution in [0.15, 0.2) is 53.6 Å². The number of aromatic nitrogens is 1. The molecule has 0 bridgehead atoms. The summed E-state index contributed by atoms with van der Waals surface area (Å²) in [6.45, 7) is 0.574. The minimum Gasteiger partial charge on any atom is -0.359 e. The average Bonchev–Trinajstić information content (AvgIpc) is 3.04. The predicted molar refractivity (Wildman–Crippen MR) is 91.6 cm³/mol. The summed E-state index contributed by atoms with van der Waals surface area (Å²) < 4.78 is 28.0. The number of anilines is 1. The number of rotatable bonds is 3. The van der Waals surface area contributed by atoms with Crippen molar-refractivity contribution in [1.82, 2.24) is 10.3 Å². The van der Waals surface area contributed by atoms with Crippen LogP contribution in [0.25, 0.3) is 10.9 Å². The number of H-pyrrole nitrogens is 1. The van der Waals surface area contributed by atoms with Crippen molar-refractivity contribution in [2.24, 2.45) is 0 Å². The second-order valence-electron chi connectivity index (χ2n) is 5.68. The van der Waals surface area contributed by atoms with Gasteiger partial charge in [0.1, 0.15) is 0 Å². The second kappa shape index (κ2) is 5.38. The minimum absolute atomic E-state index is 0.0712. The smallest absolute Gasteiger partial charge is 0.261 e. The first-order valence-electron chi connectivity index (χ1n) is 7.55. The van der Waals surface area contributed by atoms with Gasteiger partial charge in [-0.3, -0.25) is 9.52 Å². The normalized spacial score (nSPS) is 14.2. The Morgan fingerprint density at radius 2 is 1.96 bits per heavy atom. The maximum atomic E-state index is 12.7. The topological polar surface area (TPSA) is 91.1 Å². The molecule has 1 aromatic heterocycles. The van der Waals surface area contributed by atoms with Crippen molar-refractivity contribution in [2.75, 3.05) is 11.3 Å². The average molecular weight is 341 g/mol. The quantitative estimate of drug-likeness (QED) is 0.682. The summed E-state index contributed by atoms with van der Waals surface area (Å²) in [7, 11) is -3.79. The van der Waals surface area contributed by atoms with Crippen LogP contribution in [0, 0.1) is 0 Å².